The third-order valence-electron chi connectivity index (χ3n) is 2.36. The first-order chi connectivity index (χ1) is 8.45. The fraction of sp³-hybridized carbons (Fsp3) is 0.417. The minimum Gasteiger partial charge on any atom is -0.466 e. The van der Waals surface area contributed by atoms with Gasteiger partial charge >= 0.3 is 5.97 Å². The monoisotopic (exact) mass is 314 g/mol. The highest BCUT2D eigenvalue weighted by Gasteiger charge is 2.18. The Morgan fingerprint density at radius 2 is 2.17 bits per heavy atom. The Morgan fingerprint density at radius 1 is 1.50 bits per heavy atom. The maximum absolute atomic E-state index is 11.9. The molecule has 0 fully saturated rings. The molecule has 1 aromatic rings. The molecule has 0 saturated heterocycles. The average molecular weight is 315 g/mol. The van der Waals surface area contributed by atoms with Gasteiger partial charge in [-0.2, -0.15) is 0 Å². The van der Waals surface area contributed by atoms with Crippen molar-refractivity contribution in [2.75, 3.05) is 18.6 Å². The molecule has 18 heavy (non-hydrogen) atoms. The molecule has 0 spiro atoms. The molecular weight excluding hydrogens is 300 g/mol. The van der Waals surface area contributed by atoms with Crippen molar-refractivity contribution in [1.82, 2.24) is 4.98 Å². The number of pyridine rings is 1. The van der Waals surface area contributed by atoms with E-state index in [1.165, 1.54) is 4.90 Å². The highest BCUT2D eigenvalue weighted by Crippen LogP contribution is 2.22. The van der Waals surface area contributed by atoms with E-state index in [4.69, 9.17) is 4.74 Å². The van der Waals surface area contributed by atoms with Crippen molar-refractivity contribution < 1.29 is 14.3 Å². The van der Waals surface area contributed by atoms with Crippen LogP contribution in [0.5, 0.6) is 0 Å². The van der Waals surface area contributed by atoms with Crippen LogP contribution in [0, 0.1) is 6.92 Å². The summed E-state index contributed by atoms with van der Waals surface area (Å²) in [5.74, 6) is -0.841. The van der Waals surface area contributed by atoms with E-state index in [1.807, 2.05) is 0 Å². The number of nitrogens with zero attached hydrogens (tertiary/aromatic N) is 2. The Labute approximate surface area is 114 Å². The van der Waals surface area contributed by atoms with Crippen molar-refractivity contribution in [3.05, 3.63) is 22.4 Å². The first kappa shape index (κ1) is 14.6. The number of hydrogen-bond donors (Lipinski definition) is 0. The third-order valence-corrected chi connectivity index (χ3v) is 2.80. The molecule has 98 valence electrons. The molecule has 1 aromatic heterocycles. The van der Waals surface area contributed by atoms with E-state index in [0.29, 0.717) is 5.69 Å². The first-order valence-corrected chi connectivity index (χ1v) is 6.29. The van der Waals surface area contributed by atoms with E-state index in [-0.39, 0.29) is 18.9 Å². The molecule has 0 aromatic carbocycles. The highest BCUT2D eigenvalue weighted by atomic mass is 79.9. The summed E-state index contributed by atoms with van der Waals surface area (Å²) in [6.45, 7) is 3.78. The maximum atomic E-state index is 11.9. The zero-order chi connectivity index (χ0) is 13.7. The van der Waals surface area contributed by atoms with Crippen LogP contribution in [0.25, 0.3) is 0 Å². The second-order valence-corrected chi connectivity index (χ2v) is 4.61. The van der Waals surface area contributed by atoms with Crippen LogP contribution in [-0.2, 0) is 14.3 Å². The standard InChI is InChI=1S/C12H15BrN2O3/c1-4-18-12(17)6-11(16)15(3)10-5-9(13)7-14-8(10)2/h5,7H,4,6H2,1-3H3. The van der Waals surface area contributed by atoms with Gasteiger partial charge in [0.25, 0.3) is 0 Å². The average Bonchev–Trinajstić information content (AvgIpc) is 2.31. The van der Waals surface area contributed by atoms with Gasteiger partial charge < -0.3 is 9.64 Å². The summed E-state index contributed by atoms with van der Waals surface area (Å²) in [6.07, 6.45) is 1.39. The maximum Gasteiger partial charge on any atom is 0.315 e. The lowest BCUT2D eigenvalue weighted by Gasteiger charge is -2.18. The Kier molecular flexibility index (Phi) is 5.27. The second-order valence-electron chi connectivity index (χ2n) is 3.69. The van der Waals surface area contributed by atoms with Gasteiger partial charge in [-0.15, -0.1) is 0 Å². The molecule has 1 heterocycles. The number of ether oxygens (including phenoxy) is 1. The van der Waals surface area contributed by atoms with Gasteiger partial charge in [-0.1, -0.05) is 0 Å². The minimum atomic E-state index is -0.519. The number of aromatic nitrogens is 1. The molecule has 6 heteroatoms. The molecule has 0 unspecified atom stereocenters. The first-order valence-electron chi connectivity index (χ1n) is 5.50. The lowest BCUT2D eigenvalue weighted by molar-refractivity contribution is -0.145. The molecule has 0 bridgehead atoms. The topological polar surface area (TPSA) is 59.5 Å². The van der Waals surface area contributed by atoms with Gasteiger partial charge in [0.15, 0.2) is 0 Å². The summed E-state index contributed by atoms with van der Waals surface area (Å²) in [7, 11) is 1.61. The number of esters is 1. The Balaban J connectivity index is 2.80. The van der Waals surface area contributed by atoms with Crippen LogP contribution in [0.4, 0.5) is 5.69 Å². The molecule has 0 radical (unpaired) electrons. The third kappa shape index (κ3) is 3.80. The predicted octanol–water partition coefficient (Wildman–Crippen LogP) is 2.07. The SMILES string of the molecule is CCOC(=O)CC(=O)N(C)c1cc(Br)cnc1C. The summed E-state index contributed by atoms with van der Waals surface area (Å²) >= 11 is 3.30. The van der Waals surface area contributed by atoms with Crippen molar-refractivity contribution >= 4 is 33.5 Å². The van der Waals surface area contributed by atoms with Crippen molar-refractivity contribution in [3.8, 4) is 0 Å². The van der Waals surface area contributed by atoms with Crippen molar-refractivity contribution in [3.63, 3.8) is 0 Å². The van der Waals surface area contributed by atoms with E-state index in [9.17, 15) is 9.59 Å². The van der Waals surface area contributed by atoms with Crippen LogP contribution in [0.15, 0.2) is 16.7 Å². The van der Waals surface area contributed by atoms with Gasteiger partial charge in [0.1, 0.15) is 6.42 Å². The molecule has 0 aliphatic rings. The summed E-state index contributed by atoms with van der Waals surface area (Å²) in [4.78, 5) is 28.7. The number of anilines is 1. The number of hydrogen-bond acceptors (Lipinski definition) is 4. The van der Waals surface area contributed by atoms with Gasteiger partial charge in [0.2, 0.25) is 5.91 Å². The molecule has 0 atom stereocenters. The molecular formula is C12H15BrN2O3. The lowest BCUT2D eigenvalue weighted by Crippen LogP contribution is -2.29. The largest absolute Gasteiger partial charge is 0.466 e. The number of amides is 1. The molecule has 0 N–H and O–H groups in total. The molecule has 0 saturated carbocycles. The smallest absolute Gasteiger partial charge is 0.315 e. The van der Waals surface area contributed by atoms with Gasteiger partial charge in [-0.3, -0.25) is 14.6 Å². The molecule has 0 aliphatic heterocycles. The van der Waals surface area contributed by atoms with E-state index < -0.39 is 5.97 Å². The van der Waals surface area contributed by atoms with Gasteiger partial charge in [-0.05, 0) is 35.8 Å². The lowest BCUT2D eigenvalue weighted by atomic mass is 10.2. The van der Waals surface area contributed by atoms with E-state index in [2.05, 4.69) is 20.9 Å². The summed E-state index contributed by atoms with van der Waals surface area (Å²) in [5, 5.41) is 0. The summed E-state index contributed by atoms with van der Waals surface area (Å²) < 4.78 is 5.52. The van der Waals surface area contributed by atoms with Gasteiger partial charge in [0, 0.05) is 17.7 Å². The Bertz CT molecular complexity index is 463. The predicted molar refractivity (Wildman–Crippen MR) is 71.3 cm³/mol. The number of rotatable bonds is 4. The van der Waals surface area contributed by atoms with Crippen LogP contribution in [0.1, 0.15) is 19.0 Å². The van der Waals surface area contributed by atoms with Gasteiger partial charge in [-0.25, -0.2) is 0 Å². The molecule has 5 nitrogen and oxygen atoms in total. The minimum absolute atomic E-state index is 0.268. The fourth-order valence-corrected chi connectivity index (χ4v) is 1.74. The van der Waals surface area contributed by atoms with Crippen molar-refractivity contribution in [2.45, 2.75) is 20.3 Å². The summed E-state index contributed by atoms with van der Waals surface area (Å²) in [6, 6.07) is 1.78. The Morgan fingerprint density at radius 3 is 2.78 bits per heavy atom. The van der Waals surface area contributed by atoms with Gasteiger partial charge in [0.05, 0.1) is 18.0 Å². The van der Waals surface area contributed by atoms with E-state index >= 15 is 0 Å². The number of carbonyl (C=O) groups excluding carboxylic acids is 2. The highest BCUT2D eigenvalue weighted by molar-refractivity contribution is 9.10. The number of halogens is 1. The zero-order valence-electron chi connectivity index (χ0n) is 10.6. The molecule has 1 amide bonds. The number of aryl methyl sites for hydroxylation is 1. The summed E-state index contributed by atoms with van der Waals surface area (Å²) in [5.41, 5.74) is 1.39. The van der Waals surface area contributed by atoms with E-state index in [0.717, 1.165) is 10.2 Å². The molecule has 0 aliphatic carbocycles. The van der Waals surface area contributed by atoms with Crippen LogP contribution in [0.3, 0.4) is 0 Å². The van der Waals surface area contributed by atoms with Crippen LogP contribution in [-0.4, -0.2) is 30.5 Å². The Hall–Kier alpha value is -1.43. The normalized spacial score (nSPS) is 10.0. The van der Waals surface area contributed by atoms with Crippen molar-refractivity contribution in [2.24, 2.45) is 0 Å². The fourth-order valence-electron chi connectivity index (χ4n) is 1.42. The van der Waals surface area contributed by atoms with Crippen LogP contribution in [0.2, 0.25) is 0 Å². The quantitative estimate of drug-likeness (QED) is 0.630. The van der Waals surface area contributed by atoms with E-state index in [1.54, 1.807) is 33.2 Å². The van der Waals surface area contributed by atoms with Crippen molar-refractivity contribution in [1.29, 1.82) is 0 Å². The molecule has 1 rings (SSSR count). The van der Waals surface area contributed by atoms with Crippen LogP contribution >= 0.6 is 15.9 Å². The zero-order valence-corrected chi connectivity index (χ0v) is 12.2. The van der Waals surface area contributed by atoms with Crippen LogP contribution < -0.4 is 4.90 Å². The second kappa shape index (κ2) is 6.49. The number of carbonyl (C=O) groups is 2.